The number of rotatable bonds is 3. The molecule has 1 aromatic carbocycles. The molecule has 0 heterocycles. The summed E-state index contributed by atoms with van der Waals surface area (Å²) in [6.07, 6.45) is 0.592. The minimum absolute atomic E-state index is 0.189. The van der Waals surface area contributed by atoms with Crippen LogP contribution in [-0.2, 0) is 0 Å². The fourth-order valence-corrected chi connectivity index (χ4v) is 1.58. The average Bonchev–Trinajstić information content (AvgIpc) is 2.28. The number of carbonyl (C=O) groups is 1. The maximum atomic E-state index is 13.1. The van der Waals surface area contributed by atoms with E-state index in [-0.39, 0.29) is 10.4 Å². The van der Waals surface area contributed by atoms with Crippen LogP contribution in [0.2, 0.25) is 0 Å². The van der Waals surface area contributed by atoms with Crippen molar-refractivity contribution in [2.75, 3.05) is 6.54 Å². The van der Waals surface area contributed by atoms with Gasteiger partial charge in [-0.1, -0.05) is 6.07 Å². The van der Waals surface area contributed by atoms with Gasteiger partial charge in [-0.2, -0.15) is 0 Å². The van der Waals surface area contributed by atoms with Crippen molar-refractivity contribution in [2.45, 2.75) is 13.3 Å². The molecule has 1 aromatic rings. The van der Waals surface area contributed by atoms with Crippen LogP contribution in [0, 0.1) is 17.7 Å². The highest BCUT2D eigenvalue weighted by molar-refractivity contribution is 9.10. The van der Waals surface area contributed by atoms with Crippen LogP contribution in [0.3, 0.4) is 0 Å². The van der Waals surface area contributed by atoms with Gasteiger partial charge in [-0.3, -0.25) is 4.79 Å². The van der Waals surface area contributed by atoms with Crippen LogP contribution in [0.25, 0.3) is 0 Å². The molecule has 4 heteroatoms. The van der Waals surface area contributed by atoms with Gasteiger partial charge in [0.1, 0.15) is 5.82 Å². The van der Waals surface area contributed by atoms with Crippen LogP contribution >= 0.6 is 15.9 Å². The Balaban J connectivity index is 2.65. The van der Waals surface area contributed by atoms with Gasteiger partial charge in [0.2, 0.25) is 0 Å². The standard InChI is InChI=1S/C12H11BrFNO/c1-2-3-4-8-15-12(16)9-6-5-7-10(14)11(9)13/h5-7H,4,8H2,1H3,(H,15,16). The highest BCUT2D eigenvalue weighted by Gasteiger charge is 2.11. The first-order chi connectivity index (χ1) is 7.66. The SMILES string of the molecule is CC#CCCNC(=O)c1cccc(F)c1Br. The zero-order valence-electron chi connectivity index (χ0n) is 8.81. The van der Waals surface area contributed by atoms with Gasteiger partial charge in [0.05, 0.1) is 10.0 Å². The largest absolute Gasteiger partial charge is 0.351 e. The molecule has 0 unspecified atom stereocenters. The lowest BCUT2D eigenvalue weighted by Gasteiger charge is -2.05. The van der Waals surface area contributed by atoms with E-state index in [2.05, 4.69) is 33.1 Å². The van der Waals surface area contributed by atoms with Crippen molar-refractivity contribution in [1.29, 1.82) is 0 Å². The van der Waals surface area contributed by atoms with E-state index in [1.165, 1.54) is 12.1 Å². The molecular formula is C12H11BrFNO. The van der Waals surface area contributed by atoms with Crippen LogP contribution in [0.5, 0.6) is 0 Å². The third-order valence-electron chi connectivity index (χ3n) is 1.91. The van der Waals surface area contributed by atoms with Gasteiger partial charge in [-0.25, -0.2) is 4.39 Å². The van der Waals surface area contributed by atoms with Crippen molar-refractivity contribution < 1.29 is 9.18 Å². The second-order valence-corrected chi connectivity index (χ2v) is 3.83. The molecule has 0 aliphatic carbocycles. The molecule has 84 valence electrons. The van der Waals surface area contributed by atoms with Crippen molar-refractivity contribution in [3.8, 4) is 11.8 Å². The van der Waals surface area contributed by atoms with Crippen molar-refractivity contribution >= 4 is 21.8 Å². The maximum Gasteiger partial charge on any atom is 0.252 e. The first-order valence-electron chi connectivity index (χ1n) is 4.78. The molecule has 1 amide bonds. The van der Waals surface area contributed by atoms with E-state index in [1.807, 2.05) is 0 Å². The Labute approximate surface area is 102 Å². The van der Waals surface area contributed by atoms with E-state index in [1.54, 1.807) is 13.0 Å². The number of hydrogen-bond acceptors (Lipinski definition) is 1. The minimum atomic E-state index is -0.444. The summed E-state index contributed by atoms with van der Waals surface area (Å²) in [5.74, 6) is 4.82. The maximum absolute atomic E-state index is 13.1. The Morgan fingerprint density at radius 2 is 2.31 bits per heavy atom. The normalized spacial score (nSPS) is 9.19. The molecular weight excluding hydrogens is 273 g/mol. The molecule has 0 spiro atoms. The predicted octanol–water partition coefficient (Wildman–Crippen LogP) is 2.73. The Morgan fingerprint density at radius 1 is 1.56 bits per heavy atom. The fourth-order valence-electron chi connectivity index (χ4n) is 1.14. The number of nitrogens with one attached hydrogen (secondary N) is 1. The van der Waals surface area contributed by atoms with E-state index in [0.717, 1.165) is 0 Å². The summed E-state index contributed by atoms with van der Waals surface area (Å²) >= 11 is 3.04. The van der Waals surface area contributed by atoms with Gasteiger partial charge in [-0.05, 0) is 35.0 Å². The third-order valence-corrected chi connectivity index (χ3v) is 2.71. The van der Waals surface area contributed by atoms with E-state index in [4.69, 9.17) is 0 Å². The van der Waals surface area contributed by atoms with Gasteiger partial charge in [0.25, 0.3) is 5.91 Å². The molecule has 1 N–H and O–H groups in total. The average molecular weight is 284 g/mol. The number of hydrogen-bond donors (Lipinski definition) is 1. The van der Waals surface area contributed by atoms with Crippen molar-refractivity contribution in [3.05, 3.63) is 34.1 Å². The molecule has 0 aliphatic rings. The molecule has 2 nitrogen and oxygen atoms in total. The van der Waals surface area contributed by atoms with Crippen molar-refractivity contribution in [2.24, 2.45) is 0 Å². The fraction of sp³-hybridized carbons (Fsp3) is 0.250. The Morgan fingerprint density at radius 3 is 3.00 bits per heavy atom. The number of halogens is 2. The molecule has 1 rings (SSSR count). The highest BCUT2D eigenvalue weighted by Crippen LogP contribution is 2.19. The predicted molar refractivity (Wildman–Crippen MR) is 64.5 cm³/mol. The number of amides is 1. The molecule has 0 aromatic heterocycles. The van der Waals surface area contributed by atoms with E-state index < -0.39 is 5.82 Å². The smallest absolute Gasteiger partial charge is 0.252 e. The van der Waals surface area contributed by atoms with Crippen molar-refractivity contribution in [3.63, 3.8) is 0 Å². The summed E-state index contributed by atoms with van der Waals surface area (Å²) in [6.45, 7) is 2.20. The third kappa shape index (κ3) is 3.35. The zero-order valence-corrected chi connectivity index (χ0v) is 10.4. The van der Waals surface area contributed by atoms with Gasteiger partial charge in [0, 0.05) is 13.0 Å². The van der Waals surface area contributed by atoms with Gasteiger partial charge >= 0.3 is 0 Å². The molecule has 0 fully saturated rings. The Bertz CT molecular complexity index is 448. The van der Waals surface area contributed by atoms with Crippen LogP contribution in [0.15, 0.2) is 22.7 Å². The van der Waals surface area contributed by atoms with E-state index in [9.17, 15) is 9.18 Å². The summed E-state index contributed by atoms with van der Waals surface area (Å²) < 4.78 is 13.3. The van der Waals surface area contributed by atoms with E-state index >= 15 is 0 Å². The van der Waals surface area contributed by atoms with E-state index in [0.29, 0.717) is 18.5 Å². The van der Waals surface area contributed by atoms with Gasteiger partial charge in [-0.15, -0.1) is 11.8 Å². The molecule has 0 radical (unpaired) electrons. The van der Waals surface area contributed by atoms with Crippen LogP contribution in [0.4, 0.5) is 4.39 Å². The summed E-state index contributed by atoms with van der Waals surface area (Å²) in [4.78, 5) is 11.6. The summed E-state index contributed by atoms with van der Waals surface area (Å²) in [7, 11) is 0. The number of carbonyl (C=O) groups excluding carboxylic acids is 1. The molecule has 0 aliphatic heterocycles. The summed E-state index contributed by atoms with van der Waals surface area (Å²) in [5, 5.41) is 2.66. The first-order valence-corrected chi connectivity index (χ1v) is 5.58. The highest BCUT2D eigenvalue weighted by atomic mass is 79.9. The Kier molecular flexibility index (Phi) is 5.00. The lowest BCUT2D eigenvalue weighted by atomic mass is 10.2. The van der Waals surface area contributed by atoms with Crippen LogP contribution in [-0.4, -0.2) is 12.5 Å². The quantitative estimate of drug-likeness (QED) is 0.671. The van der Waals surface area contributed by atoms with Crippen LogP contribution in [0.1, 0.15) is 23.7 Å². The summed E-state index contributed by atoms with van der Waals surface area (Å²) in [6, 6.07) is 4.36. The lowest BCUT2D eigenvalue weighted by molar-refractivity contribution is 0.0953. The van der Waals surface area contributed by atoms with Gasteiger partial charge in [0.15, 0.2) is 0 Å². The zero-order chi connectivity index (χ0) is 12.0. The van der Waals surface area contributed by atoms with Crippen LogP contribution < -0.4 is 5.32 Å². The van der Waals surface area contributed by atoms with Gasteiger partial charge < -0.3 is 5.32 Å². The molecule has 0 saturated carbocycles. The first kappa shape index (κ1) is 12.7. The second kappa shape index (κ2) is 6.29. The lowest BCUT2D eigenvalue weighted by Crippen LogP contribution is -2.24. The molecule has 0 saturated heterocycles. The topological polar surface area (TPSA) is 29.1 Å². The molecule has 0 bridgehead atoms. The molecule has 16 heavy (non-hydrogen) atoms. The minimum Gasteiger partial charge on any atom is -0.351 e. The monoisotopic (exact) mass is 283 g/mol. The second-order valence-electron chi connectivity index (χ2n) is 3.03. The number of benzene rings is 1. The summed E-state index contributed by atoms with van der Waals surface area (Å²) in [5.41, 5.74) is 0.296. The van der Waals surface area contributed by atoms with Crippen molar-refractivity contribution in [1.82, 2.24) is 5.32 Å². The molecule has 0 atom stereocenters. The Hall–Kier alpha value is -1.34.